The summed E-state index contributed by atoms with van der Waals surface area (Å²) in [5.74, 6) is 1.59. The number of nitrogens with zero attached hydrogens (tertiary/aromatic N) is 2. The van der Waals surface area contributed by atoms with Crippen molar-refractivity contribution in [2.24, 2.45) is 0 Å². The lowest BCUT2D eigenvalue weighted by molar-refractivity contribution is 0.334. The van der Waals surface area contributed by atoms with E-state index in [0.29, 0.717) is 24.0 Å². The van der Waals surface area contributed by atoms with E-state index in [0.717, 1.165) is 16.9 Å². The van der Waals surface area contributed by atoms with Crippen molar-refractivity contribution in [2.45, 2.75) is 0 Å². The first kappa shape index (κ1) is 16.1. The number of benzene rings is 2. The molecule has 3 rings (SSSR count). The van der Waals surface area contributed by atoms with Gasteiger partial charge in [0.25, 0.3) is 0 Å². The van der Waals surface area contributed by atoms with Crippen LogP contribution in [0, 0.1) is 0 Å². The normalized spacial score (nSPS) is 10.4. The molecule has 0 aliphatic heterocycles. The van der Waals surface area contributed by atoms with Crippen molar-refractivity contribution in [2.75, 3.05) is 24.2 Å². The Hall–Kier alpha value is -2.79. The fraction of sp³-hybridized carbons (Fsp3) is 0.111. The highest BCUT2D eigenvalue weighted by Gasteiger charge is 2.07. The number of hydrogen-bond acceptors (Lipinski definition) is 5. The summed E-state index contributed by atoms with van der Waals surface area (Å²) in [4.78, 5) is 7.88. The minimum atomic E-state index is 0.254. The lowest BCUT2D eigenvalue weighted by Crippen LogP contribution is -2.13. The molecule has 3 N–H and O–H groups in total. The van der Waals surface area contributed by atoms with E-state index in [9.17, 15) is 0 Å². The molecule has 0 unspecified atom stereocenters. The van der Waals surface area contributed by atoms with Gasteiger partial charge >= 0.3 is 0 Å². The van der Waals surface area contributed by atoms with E-state index in [-0.39, 0.29) is 5.82 Å². The van der Waals surface area contributed by atoms with Crippen LogP contribution in [0.5, 0.6) is 5.75 Å². The maximum Gasteiger partial charge on any atom is 0.150 e. The Morgan fingerprint density at radius 3 is 2.58 bits per heavy atom. The van der Waals surface area contributed by atoms with Crippen molar-refractivity contribution >= 4 is 23.2 Å². The van der Waals surface area contributed by atoms with Gasteiger partial charge in [-0.1, -0.05) is 60.1 Å². The molecule has 24 heavy (non-hydrogen) atoms. The van der Waals surface area contributed by atoms with Crippen molar-refractivity contribution in [3.63, 3.8) is 0 Å². The molecular formula is C18H17ClN4O. The van der Waals surface area contributed by atoms with E-state index in [1.807, 2.05) is 42.5 Å². The molecule has 3 aromatic rings. The second-order valence-corrected chi connectivity index (χ2v) is 5.44. The Labute approximate surface area is 145 Å². The van der Waals surface area contributed by atoms with Crippen molar-refractivity contribution < 1.29 is 4.74 Å². The predicted octanol–water partition coefficient (Wildman–Crippen LogP) is 3.87. The van der Waals surface area contributed by atoms with Crippen LogP contribution in [0.1, 0.15) is 0 Å². The average Bonchev–Trinajstić information content (AvgIpc) is 2.63. The Balaban J connectivity index is 1.63. The molecule has 0 saturated carbocycles. The second-order valence-electron chi connectivity index (χ2n) is 5.06. The minimum Gasteiger partial charge on any atom is -0.491 e. The van der Waals surface area contributed by atoms with Gasteiger partial charge in [-0.25, -0.2) is 9.97 Å². The Morgan fingerprint density at radius 1 is 1.00 bits per heavy atom. The zero-order chi connectivity index (χ0) is 16.8. The SMILES string of the molecule is Nc1ncnc(NCCOc2ccccc2-c2ccccc2)c1Cl. The summed E-state index contributed by atoms with van der Waals surface area (Å²) in [5.41, 5.74) is 7.82. The molecule has 1 aromatic heterocycles. The van der Waals surface area contributed by atoms with Crippen LogP contribution >= 0.6 is 11.6 Å². The van der Waals surface area contributed by atoms with Crippen molar-refractivity contribution in [1.82, 2.24) is 9.97 Å². The predicted molar refractivity (Wildman–Crippen MR) is 97.3 cm³/mol. The lowest BCUT2D eigenvalue weighted by Gasteiger charge is -2.13. The molecule has 0 amide bonds. The molecule has 5 nitrogen and oxygen atoms in total. The number of nitrogens with two attached hydrogens (primary N) is 1. The van der Waals surface area contributed by atoms with Crippen LogP contribution in [-0.4, -0.2) is 23.1 Å². The molecule has 6 heteroatoms. The molecule has 0 fully saturated rings. The standard InChI is InChI=1S/C18H17ClN4O/c19-16-17(20)22-12-23-18(16)21-10-11-24-15-9-5-4-8-14(15)13-6-2-1-3-7-13/h1-9,12H,10-11H2,(H3,20,21,22,23). The third-order valence-electron chi connectivity index (χ3n) is 3.44. The molecule has 1 heterocycles. The molecule has 0 atom stereocenters. The monoisotopic (exact) mass is 340 g/mol. The van der Waals surface area contributed by atoms with Gasteiger partial charge in [0.05, 0.1) is 6.54 Å². The second kappa shape index (κ2) is 7.66. The van der Waals surface area contributed by atoms with Crippen LogP contribution in [-0.2, 0) is 0 Å². The van der Waals surface area contributed by atoms with E-state index in [1.54, 1.807) is 0 Å². The fourth-order valence-corrected chi connectivity index (χ4v) is 2.45. The third kappa shape index (κ3) is 3.75. The smallest absolute Gasteiger partial charge is 0.150 e. The zero-order valence-corrected chi connectivity index (χ0v) is 13.7. The van der Waals surface area contributed by atoms with Crippen LogP contribution in [0.4, 0.5) is 11.6 Å². The minimum absolute atomic E-state index is 0.254. The number of nitrogens with one attached hydrogen (secondary N) is 1. The first-order chi connectivity index (χ1) is 11.8. The highest BCUT2D eigenvalue weighted by Crippen LogP contribution is 2.29. The van der Waals surface area contributed by atoms with Gasteiger partial charge in [0.1, 0.15) is 29.5 Å². The lowest BCUT2D eigenvalue weighted by atomic mass is 10.1. The first-order valence-corrected chi connectivity index (χ1v) is 7.90. The number of ether oxygens (including phenoxy) is 1. The number of anilines is 2. The van der Waals surface area contributed by atoms with Crippen LogP contribution in [0.25, 0.3) is 11.1 Å². The highest BCUT2D eigenvalue weighted by atomic mass is 35.5. The molecule has 0 aliphatic rings. The van der Waals surface area contributed by atoms with Gasteiger partial charge in [0, 0.05) is 5.56 Å². The van der Waals surface area contributed by atoms with Crippen molar-refractivity contribution in [3.05, 3.63) is 65.9 Å². The summed E-state index contributed by atoms with van der Waals surface area (Å²) < 4.78 is 5.90. The van der Waals surface area contributed by atoms with Crippen LogP contribution < -0.4 is 15.8 Å². The summed E-state index contributed by atoms with van der Waals surface area (Å²) in [6.45, 7) is 1.00. The Bertz CT molecular complexity index is 811. The van der Waals surface area contributed by atoms with Crippen LogP contribution in [0.2, 0.25) is 5.02 Å². The summed E-state index contributed by atoms with van der Waals surface area (Å²) >= 11 is 6.04. The van der Waals surface area contributed by atoms with Gasteiger partial charge in [-0.2, -0.15) is 0 Å². The van der Waals surface area contributed by atoms with Crippen molar-refractivity contribution in [3.8, 4) is 16.9 Å². The van der Waals surface area contributed by atoms with E-state index in [4.69, 9.17) is 22.1 Å². The maximum atomic E-state index is 6.04. The van der Waals surface area contributed by atoms with Crippen LogP contribution in [0.3, 0.4) is 0 Å². The molecular weight excluding hydrogens is 324 g/mol. The summed E-state index contributed by atoms with van der Waals surface area (Å²) in [6, 6.07) is 18.1. The fourth-order valence-electron chi connectivity index (χ4n) is 2.29. The maximum absolute atomic E-state index is 6.04. The quantitative estimate of drug-likeness (QED) is 0.666. The number of hydrogen-bond donors (Lipinski definition) is 2. The third-order valence-corrected chi connectivity index (χ3v) is 3.81. The molecule has 0 spiro atoms. The van der Waals surface area contributed by atoms with Gasteiger partial charge in [0.15, 0.2) is 5.82 Å². The Kier molecular flexibility index (Phi) is 5.13. The van der Waals surface area contributed by atoms with E-state index < -0.39 is 0 Å². The number of nitrogen functional groups attached to an aromatic ring is 1. The molecule has 0 saturated heterocycles. The molecule has 0 bridgehead atoms. The van der Waals surface area contributed by atoms with Gasteiger partial charge in [-0.05, 0) is 11.6 Å². The molecule has 0 radical (unpaired) electrons. The topological polar surface area (TPSA) is 73.1 Å². The molecule has 0 aliphatic carbocycles. The molecule has 2 aromatic carbocycles. The molecule has 122 valence electrons. The number of rotatable bonds is 6. The van der Waals surface area contributed by atoms with Crippen molar-refractivity contribution in [1.29, 1.82) is 0 Å². The number of para-hydroxylation sites is 1. The Morgan fingerprint density at radius 2 is 1.75 bits per heavy atom. The summed E-state index contributed by atoms with van der Waals surface area (Å²) in [5, 5.41) is 3.42. The van der Waals surface area contributed by atoms with Gasteiger partial charge in [-0.3, -0.25) is 0 Å². The van der Waals surface area contributed by atoms with Gasteiger partial charge < -0.3 is 15.8 Å². The summed E-state index contributed by atoms with van der Waals surface area (Å²) in [7, 11) is 0. The zero-order valence-electron chi connectivity index (χ0n) is 12.9. The average molecular weight is 341 g/mol. The summed E-state index contributed by atoms with van der Waals surface area (Å²) in [6.07, 6.45) is 1.37. The number of halogens is 1. The first-order valence-electron chi connectivity index (χ1n) is 7.53. The van der Waals surface area contributed by atoms with Gasteiger partial charge in [-0.15, -0.1) is 0 Å². The van der Waals surface area contributed by atoms with E-state index in [2.05, 4.69) is 27.4 Å². The van der Waals surface area contributed by atoms with Gasteiger partial charge in [0.2, 0.25) is 0 Å². The van der Waals surface area contributed by atoms with E-state index in [1.165, 1.54) is 6.33 Å². The van der Waals surface area contributed by atoms with Crippen LogP contribution in [0.15, 0.2) is 60.9 Å². The highest BCUT2D eigenvalue weighted by molar-refractivity contribution is 6.35. The van der Waals surface area contributed by atoms with E-state index >= 15 is 0 Å². The largest absolute Gasteiger partial charge is 0.491 e. The number of aromatic nitrogens is 2.